The summed E-state index contributed by atoms with van der Waals surface area (Å²) in [5.41, 5.74) is 1.24. The maximum Gasteiger partial charge on any atom is 0.229 e. The van der Waals surface area contributed by atoms with Crippen molar-refractivity contribution >= 4 is 28.1 Å². The lowest BCUT2D eigenvalue weighted by molar-refractivity contribution is -0.120. The normalized spacial score (nSPS) is 15.3. The molecule has 1 saturated heterocycles. The van der Waals surface area contributed by atoms with Crippen LogP contribution in [-0.2, 0) is 11.2 Å². The van der Waals surface area contributed by atoms with Gasteiger partial charge in [0.15, 0.2) is 0 Å². The lowest BCUT2D eigenvalue weighted by atomic mass is 9.95. The number of aromatic nitrogens is 2. The number of carbonyl (C=O) groups excluding carboxylic acids is 1. The molecule has 0 radical (unpaired) electrons. The topological polar surface area (TPSA) is 58.1 Å². The summed E-state index contributed by atoms with van der Waals surface area (Å²) in [4.78, 5) is 14.8. The van der Waals surface area contributed by atoms with Gasteiger partial charge >= 0.3 is 0 Å². The molecule has 2 aromatic rings. The Balaban J connectivity index is 1.46. The van der Waals surface area contributed by atoms with E-state index in [0.29, 0.717) is 5.13 Å². The third-order valence-electron chi connectivity index (χ3n) is 4.68. The van der Waals surface area contributed by atoms with Crippen LogP contribution in [0, 0.1) is 5.92 Å². The highest BCUT2D eigenvalue weighted by molar-refractivity contribution is 7.15. The van der Waals surface area contributed by atoms with Crippen LogP contribution in [-0.4, -0.2) is 29.2 Å². The van der Waals surface area contributed by atoms with Crippen LogP contribution < -0.4 is 10.2 Å². The number of aryl methyl sites for hydroxylation is 1. The molecule has 3 rings (SSSR count). The van der Waals surface area contributed by atoms with Crippen LogP contribution in [0.3, 0.4) is 0 Å². The van der Waals surface area contributed by atoms with Crippen molar-refractivity contribution in [1.29, 1.82) is 0 Å². The van der Waals surface area contributed by atoms with Gasteiger partial charge in [0.2, 0.25) is 11.0 Å². The summed E-state index contributed by atoms with van der Waals surface area (Å²) in [6.45, 7) is 4.02. The molecule has 25 heavy (non-hydrogen) atoms. The van der Waals surface area contributed by atoms with Crippen molar-refractivity contribution in [2.24, 2.45) is 5.92 Å². The fourth-order valence-electron chi connectivity index (χ4n) is 3.18. The second-order valence-electron chi connectivity index (χ2n) is 6.54. The first kappa shape index (κ1) is 17.9. The summed E-state index contributed by atoms with van der Waals surface area (Å²) in [5, 5.41) is 12.9. The molecular weight excluding hydrogens is 332 g/mol. The van der Waals surface area contributed by atoms with E-state index in [9.17, 15) is 4.79 Å². The van der Waals surface area contributed by atoms with E-state index in [2.05, 4.69) is 51.6 Å². The number of amides is 1. The van der Waals surface area contributed by atoms with Crippen LogP contribution >= 0.6 is 11.3 Å². The highest BCUT2D eigenvalue weighted by atomic mass is 32.1. The Morgan fingerprint density at radius 1 is 1.20 bits per heavy atom. The molecule has 1 N–H and O–H groups in total. The molecule has 134 valence electrons. The molecule has 0 bridgehead atoms. The largest absolute Gasteiger partial charge is 0.371 e. The summed E-state index contributed by atoms with van der Waals surface area (Å²) in [6, 6.07) is 10.4. The number of nitrogens with zero attached hydrogens (tertiary/aromatic N) is 3. The first-order valence-electron chi connectivity index (χ1n) is 9.19. The average molecular weight is 359 g/mol. The number of nitrogens with one attached hydrogen (secondary N) is 1. The van der Waals surface area contributed by atoms with Crippen molar-refractivity contribution in [3.8, 4) is 0 Å². The molecule has 6 heteroatoms. The van der Waals surface area contributed by atoms with Crippen LogP contribution in [0.15, 0.2) is 30.3 Å². The van der Waals surface area contributed by atoms with Crippen LogP contribution in [0.25, 0.3) is 0 Å². The number of anilines is 2. The maximum absolute atomic E-state index is 12.5. The van der Waals surface area contributed by atoms with E-state index in [1.165, 1.54) is 29.9 Å². The number of hydrogen-bond donors (Lipinski definition) is 1. The van der Waals surface area contributed by atoms with Gasteiger partial charge in [-0.2, -0.15) is 0 Å². The maximum atomic E-state index is 12.5. The van der Waals surface area contributed by atoms with E-state index >= 15 is 0 Å². The Bertz CT molecular complexity index is 665. The molecular formula is C19H26N4OS. The minimum absolute atomic E-state index is 0.0624. The quantitative estimate of drug-likeness (QED) is 0.756. The molecule has 0 spiro atoms. The summed E-state index contributed by atoms with van der Waals surface area (Å²) in [7, 11) is 0. The third-order valence-corrected chi connectivity index (χ3v) is 5.58. The lowest BCUT2D eigenvalue weighted by Crippen LogP contribution is -2.38. The first-order valence-corrected chi connectivity index (χ1v) is 10.0. The zero-order valence-electron chi connectivity index (χ0n) is 14.8. The van der Waals surface area contributed by atoms with Gasteiger partial charge in [-0.05, 0) is 31.4 Å². The second-order valence-corrected chi connectivity index (χ2v) is 7.61. The van der Waals surface area contributed by atoms with Gasteiger partial charge < -0.3 is 10.2 Å². The Labute approximate surface area is 153 Å². The van der Waals surface area contributed by atoms with Crippen LogP contribution in [0.5, 0.6) is 0 Å². The zero-order valence-corrected chi connectivity index (χ0v) is 15.6. The first-order chi connectivity index (χ1) is 12.3. The predicted molar refractivity (Wildman–Crippen MR) is 103 cm³/mol. The molecule has 1 aliphatic rings. The number of unbranched alkanes of at least 4 members (excludes halogenated alkanes) is 2. The molecule has 0 unspecified atom stereocenters. The van der Waals surface area contributed by atoms with Gasteiger partial charge in [0.25, 0.3) is 0 Å². The van der Waals surface area contributed by atoms with E-state index in [-0.39, 0.29) is 11.8 Å². The van der Waals surface area contributed by atoms with E-state index in [0.717, 1.165) is 43.8 Å². The highest BCUT2D eigenvalue weighted by Crippen LogP contribution is 2.25. The Morgan fingerprint density at radius 2 is 1.96 bits per heavy atom. The van der Waals surface area contributed by atoms with Crippen LogP contribution in [0.2, 0.25) is 0 Å². The average Bonchev–Trinajstić information content (AvgIpc) is 3.10. The summed E-state index contributed by atoms with van der Waals surface area (Å²) >= 11 is 1.51. The molecule has 1 aromatic heterocycles. The van der Waals surface area contributed by atoms with Crippen molar-refractivity contribution in [2.75, 3.05) is 23.3 Å². The number of carbonyl (C=O) groups is 1. The summed E-state index contributed by atoms with van der Waals surface area (Å²) in [5.74, 6) is 0.149. The molecule has 1 amide bonds. The monoisotopic (exact) mass is 358 g/mol. The van der Waals surface area contributed by atoms with Gasteiger partial charge in [-0.3, -0.25) is 4.79 Å². The van der Waals surface area contributed by atoms with E-state index < -0.39 is 0 Å². The molecule has 1 fully saturated rings. The minimum Gasteiger partial charge on any atom is -0.371 e. The molecule has 2 heterocycles. The fraction of sp³-hybridized carbons (Fsp3) is 0.526. The van der Waals surface area contributed by atoms with Crippen LogP contribution in [0.4, 0.5) is 10.8 Å². The third kappa shape index (κ3) is 5.01. The standard InChI is InChI=1S/C19H26N4OS/c1-2-3-5-10-17-21-22-19(25-17)20-18(24)15-11-13-23(14-12-15)16-8-6-4-7-9-16/h4,6-9,15H,2-3,5,10-14H2,1H3,(H,20,22,24). The number of benzene rings is 1. The predicted octanol–water partition coefficient (Wildman–Crippen LogP) is 4.13. The molecule has 0 saturated carbocycles. The minimum atomic E-state index is 0.0624. The van der Waals surface area contributed by atoms with Crippen molar-refractivity contribution in [1.82, 2.24) is 10.2 Å². The Kier molecular flexibility index (Phi) is 6.39. The van der Waals surface area contributed by atoms with E-state index in [1.807, 2.05) is 6.07 Å². The number of hydrogen-bond acceptors (Lipinski definition) is 5. The van der Waals surface area contributed by atoms with Crippen molar-refractivity contribution in [2.45, 2.75) is 45.4 Å². The molecule has 0 aliphatic carbocycles. The molecule has 1 aromatic carbocycles. The molecule has 1 aliphatic heterocycles. The molecule has 5 nitrogen and oxygen atoms in total. The van der Waals surface area contributed by atoms with Gasteiger partial charge in [-0.15, -0.1) is 10.2 Å². The van der Waals surface area contributed by atoms with E-state index in [1.54, 1.807) is 0 Å². The van der Waals surface area contributed by atoms with E-state index in [4.69, 9.17) is 0 Å². The number of piperidine rings is 1. The van der Waals surface area contributed by atoms with Crippen molar-refractivity contribution < 1.29 is 4.79 Å². The molecule has 0 atom stereocenters. The van der Waals surface area contributed by atoms with Gasteiger partial charge in [0, 0.05) is 31.1 Å². The number of rotatable bonds is 7. The lowest BCUT2D eigenvalue weighted by Gasteiger charge is -2.32. The smallest absolute Gasteiger partial charge is 0.229 e. The van der Waals surface area contributed by atoms with Gasteiger partial charge in [0.1, 0.15) is 5.01 Å². The van der Waals surface area contributed by atoms with Crippen LogP contribution in [0.1, 0.15) is 44.0 Å². The number of para-hydroxylation sites is 1. The van der Waals surface area contributed by atoms with Crippen molar-refractivity contribution in [3.63, 3.8) is 0 Å². The zero-order chi connectivity index (χ0) is 17.5. The summed E-state index contributed by atoms with van der Waals surface area (Å²) < 4.78 is 0. The second kappa shape index (κ2) is 8.94. The Morgan fingerprint density at radius 3 is 2.68 bits per heavy atom. The van der Waals surface area contributed by atoms with Gasteiger partial charge in [-0.1, -0.05) is 49.3 Å². The SMILES string of the molecule is CCCCCc1nnc(NC(=O)C2CCN(c3ccccc3)CC2)s1. The van der Waals surface area contributed by atoms with Gasteiger partial charge in [0.05, 0.1) is 0 Å². The fourth-order valence-corrected chi connectivity index (χ4v) is 3.96. The van der Waals surface area contributed by atoms with Gasteiger partial charge in [-0.25, -0.2) is 0 Å². The van der Waals surface area contributed by atoms with Crippen molar-refractivity contribution in [3.05, 3.63) is 35.3 Å². The Hall–Kier alpha value is -1.95. The highest BCUT2D eigenvalue weighted by Gasteiger charge is 2.25. The summed E-state index contributed by atoms with van der Waals surface area (Å²) in [6.07, 6.45) is 6.25.